The first kappa shape index (κ1) is 38.2. The van der Waals surface area contributed by atoms with E-state index in [0.29, 0.717) is 13.0 Å². The molecule has 4 rings (SSSR count). The number of hydrogen-bond acceptors (Lipinski definition) is 8. The molecule has 274 valence electrons. The molecule has 0 aromatic heterocycles. The van der Waals surface area contributed by atoms with Crippen molar-refractivity contribution in [1.82, 2.24) is 20.3 Å². The molecular formula is C30H38F6N4O8S. The predicted octanol–water partition coefficient (Wildman–Crippen LogP) is 2.88. The number of nitrogens with one attached hydrogen (secondary N) is 3. The minimum Gasteiger partial charge on any atom is -0.486 e. The molecule has 2 saturated heterocycles. The molecule has 0 bridgehead atoms. The third-order valence-corrected chi connectivity index (χ3v) is 10.4. The Morgan fingerprint density at radius 2 is 1.71 bits per heavy atom. The van der Waals surface area contributed by atoms with Crippen LogP contribution in [0.5, 0.6) is 11.5 Å². The molecule has 12 nitrogen and oxygen atoms in total. The summed E-state index contributed by atoms with van der Waals surface area (Å²) in [5.41, 5.74) is -7.57. The Bertz CT molecular complexity index is 1580. The minimum absolute atomic E-state index is 0.0714. The lowest BCUT2D eigenvalue weighted by Crippen LogP contribution is -2.61. The quantitative estimate of drug-likeness (QED) is 0.277. The maximum Gasteiger partial charge on any atom is 0.573 e. The highest BCUT2D eigenvalue weighted by Gasteiger charge is 2.70. The van der Waals surface area contributed by atoms with Gasteiger partial charge < -0.3 is 25.0 Å². The molecule has 1 saturated carbocycles. The largest absolute Gasteiger partial charge is 0.573 e. The van der Waals surface area contributed by atoms with Gasteiger partial charge >= 0.3 is 21.9 Å². The third kappa shape index (κ3) is 8.59. The number of rotatable bonds is 12. The normalized spacial score (nSPS) is 24.8. The minimum atomic E-state index is -5.97. The van der Waals surface area contributed by atoms with Crippen molar-refractivity contribution in [2.75, 3.05) is 19.7 Å². The molecule has 1 aromatic rings. The fourth-order valence-corrected chi connectivity index (χ4v) is 7.40. The Morgan fingerprint density at radius 1 is 1.08 bits per heavy atom. The summed E-state index contributed by atoms with van der Waals surface area (Å²) in [6.45, 7) is 7.22. The first-order valence-electron chi connectivity index (χ1n) is 15.3. The van der Waals surface area contributed by atoms with E-state index in [4.69, 9.17) is 4.74 Å². The highest BCUT2D eigenvalue weighted by molar-refractivity contribution is 7.90. The predicted molar refractivity (Wildman–Crippen MR) is 159 cm³/mol. The van der Waals surface area contributed by atoms with Gasteiger partial charge in [-0.15, -0.1) is 13.2 Å². The number of Topliss-reactive ketones (excluding diaryl/α,β-unsaturated/α-hetero) is 1. The van der Waals surface area contributed by atoms with Gasteiger partial charge in [-0.05, 0) is 47.6 Å². The highest BCUT2D eigenvalue weighted by atomic mass is 32.2. The van der Waals surface area contributed by atoms with Crippen molar-refractivity contribution in [3.63, 3.8) is 0 Å². The molecular weight excluding hydrogens is 690 g/mol. The molecule has 3 aliphatic rings. The van der Waals surface area contributed by atoms with Crippen molar-refractivity contribution in [3.8, 4) is 11.5 Å². The topological polar surface area (TPSA) is 160 Å². The van der Waals surface area contributed by atoms with Crippen LogP contribution >= 0.6 is 0 Å². The first-order valence-corrected chi connectivity index (χ1v) is 16.8. The second-order valence-electron chi connectivity index (χ2n) is 14.1. The molecule has 0 radical (unpaired) electrons. The van der Waals surface area contributed by atoms with Gasteiger partial charge in [-0.2, -0.15) is 17.9 Å². The number of halogens is 6. The molecule has 2 heterocycles. The molecule has 6 atom stereocenters. The number of fused-ring (bicyclic) bond motifs is 1. The van der Waals surface area contributed by atoms with Gasteiger partial charge in [0.05, 0.1) is 6.04 Å². The summed E-state index contributed by atoms with van der Waals surface area (Å²) in [4.78, 5) is 54.7. The van der Waals surface area contributed by atoms with Crippen molar-refractivity contribution >= 4 is 33.5 Å². The zero-order valence-electron chi connectivity index (χ0n) is 27.2. The van der Waals surface area contributed by atoms with Gasteiger partial charge in [0, 0.05) is 25.1 Å². The van der Waals surface area contributed by atoms with E-state index < -0.39 is 92.6 Å². The van der Waals surface area contributed by atoms with E-state index in [9.17, 15) is 53.9 Å². The van der Waals surface area contributed by atoms with E-state index in [1.165, 1.54) is 37.6 Å². The van der Waals surface area contributed by atoms with Crippen molar-refractivity contribution in [2.45, 2.75) is 77.5 Å². The summed E-state index contributed by atoms with van der Waals surface area (Å²) in [5.74, 6) is -5.29. The van der Waals surface area contributed by atoms with Crippen LogP contribution in [0.25, 0.3) is 0 Å². The van der Waals surface area contributed by atoms with Gasteiger partial charge in [0.2, 0.25) is 17.7 Å². The molecule has 2 aliphatic heterocycles. The molecule has 3 fully saturated rings. The number of amides is 3. The number of ether oxygens (including phenoxy) is 2. The van der Waals surface area contributed by atoms with Gasteiger partial charge in [0.15, 0.2) is 5.78 Å². The van der Waals surface area contributed by atoms with E-state index in [0.717, 1.165) is 17.0 Å². The van der Waals surface area contributed by atoms with Gasteiger partial charge in [-0.1, -0.05) is 40.7 Å². The molecule has 49 heavy (non-hydrogen) atoms. The Labute approximate surface area is 278 Å². The van der Waals surface area contributed by atoms with E-state index in [1.54, 1.807) is 0 Å². The van der Waals surface area contributed by atoms with Crippen LogP contribution in [0, 0.1) is 28.6 Å². The fourth-order valence-electron chi connectivity index (χ4n) is 6.50. The van der Waals surface area contributed by atoms with E-state index >= 15 is 0 Å². The summed E-state index contributed by atoms with van der Waals surface area (Å²) in [7, 11) is -5.97. The van der Waals surface area contributed by atoms with Crippen LogP contribution in [0.1, 0.15) is 47.5 Å². The maximum atomic E-state index is 14.0. The van der Waals surface area contributed by atoms with Gasteiger partial charge in [0.25, 0.3) is 0 Å². The number of sulfonamides is 1. The number of alkyl halides is 6. The fraction of sp³-hybridized carbons (Fsp3) is 0.667. The van der Waals surface area contributed by atoms with Crippen molar-refractivity contribution in [3.05, 3.63) is 24.3 Å². The summed E-state index contributed by atoms with van der Waals surface area (Å²) < 4.78 is 113. The second-order valence-corrected chi connectivity index (χ2v) is 15.8. The zero-order valence-corrected chi connectivity index (χ0v) is 28.0. The number of hydrogen-bond donors (Lipinski definition) is 3. The second kappa shape index (κ2) is 13.3. The number of ketones is 1. The smallest absolute Gasteiger partial charge is 0.486 e. The Balaban J connectivity index is 1.57. The van der Waals surface area contributed by atoms with Gasteiger partial charge in [-0.3, -0.25) is 19.2 Å². The number of likely N-dealkylation sites (tertiary alicyclic amines) is 1. The first-order chi connectivity index (χ1) is 22.3. The molecule has 1 aromatic carbocycles. The van der Waals surface area contributed by atoms with Crippen LogP contribution in [0.2, 0.25) is 0 Å². The van der Waals surface area contributed by atoms with Crippen LogP contribution in [-0.4, -0.2) is 86.5 Å². The van der Waals surface area contributed by atoms with Crippen LogP contribution in [0.4, 0.5) is 26.3 Å². The lowest BCUT2D eigenvalue weighted by atomic mass is 9.86. The van der Waals surface area contributed by atoms with E-state index in [-0.39, 0.29) is 30.5 Å². The molecule has 3 amide bonds. The number of benzene rings is 1. The van der Waals surface area contributed by atoms with Crippen LogP contribution in [0.3, 0.4) is 0 Å². The molecule has 0 unspecified atom stereocenters. The lowest BCUT2D eigenvalue weighted by molar-refractivity contribution is -0.274. The van der Waals surface area contributed by atoms with Gasteiger partial charge in [-0.25, -0.2) is 8.42 Å². The molecule has 0 spiro atoms. The number of piperidine rings is 1. The van der Waals surface area contributed by atoms with Gasteiger partial charge in [0.1, 0.15) is 30.2 Å². The average Bonchev–Trinajstić information content (AvgIpc) is 3.29. The Hall–Kier alpha value is -3.61. The Morgan fingerprint density at radius 3 is 2.27 bits per heavy atom. The summed E-state index contributed by atoms with van der Waals surface area (Å²) >= 11 is 0. The summed E-state index contributed by atoms with van der Waals surface area (Å²) in [5, 5.41) is 5.20. The summed E-state index contributed by atoms with van der Waals surface area (Å²) in [6.07, 6.45) is -4.84. The zero-order chi connectivity index (χ0) is 36.9. The Kier molecular flexibility index (Phi) is 10.3. The highest BCUT2D eigenvalue weighted by Crippen LogP contribution is 2.65. The van der Waals surface area contributed by atoms with E-state index in [2.05, 4.69) is 15.4 Å². The number of nitrogens with zero attached hydrogens (tertiary/aromatic N) is 1. The van der Waals surface area contributed by atoms with Crippen LogP contribution < -0.4 is 24.8 Å². The maximum absolute atomic E-state index is 14.0. The van der Waals surface area contributed by atoms with E-state index in [1.807, 2.05) is 13.8 Å². The van der Waals surface area contributed by atoms with Crippen molar-refractivity contribution in [2.24, 2.45) is 28.6 Å². The molecule has 19 heteroatoms. The molecule has 1 aliphatic carbocycles. The third-order valence-electron chi connectivity index (χ3n) is 9.26. The van der Waals surface area contributed by atoms with Crippen LogP contribution in [0.15, 0.2) is 24.3 Å². The lowest BCUT2D eigenvalue weighted by Gasteiger charge is -2.37. The SMILES string of the molecule is CC(C)(C)[C@H](NS(=O)(=O)C(F)(F)F)C(=O)N1C[C@H]2[C@@H]([C@H]1C(=O)N[C@@H](C[C@@H]1CCNC1=O)C(=O)COc1cccc(OC(F)(F)F)c1)C2(C)C. The van der Waals surface area contributed by atoms with Crippen molar-refractivity contribution < 1.29 is 63.4 Å². The van der Waals surface area contributed by atoms with Crippen LogP contribution in [-0.2, 0) is 29.2 Å². The summed E-state index contributed by atoms with van der Waals surface area (Å²) in [6, 6.07) is -0.223. The van der Waals surface area contributed by atoms with Crippen molar-refractivity contribution in [1.29, 1.82) is 0 Å². The number of carbonyl (C=O) groups is 4. The molecule has 3 N–H and O–H groups in total. The average molecular weight is 729 g/mol. The number of carbonyl (C=O) groups excluding carboxylic acids is 4. The monoisotopic (exact) mass is 728 g/mol. The standard InChI is InChI=1S/C30H38F6N4O8S/c1-27(2,3)23(39-49(45,46)30(34,35)36)26(44)40-13-18-21(28(18,4)5)22(40)25(43)38-19(11-15-9-10-37-24(15)42)20(41)14-47-16-7-6-8-17(12-16)48-29(31,32)33/h6-8,12,15,18-19,21-23,39H,9-11,13-14H2,1-5H3,(H,37,42)(H,38,43)/t15-,18-,19-,21-,22-,23+/m0/s1.